The summed E-state index contributed by atoms with van der Waals surface area (Å²) in [6, 6.07) is 0.151. The average Bonchev–Trinajstić information content (AvgIpc) is 1.61. The fourth-order valence-electron chi connectivity index (χ4n) is 0.254. The van der Waals surface area contributed by atoms with Crippen LogP contribution in [0.2, 0.25) is 0 Å². The molecule has 1 nitrogen and oxygen atoms in total. The molecule has 0 heterocycles. The van der Waals surface area contributed by atoms with E-state index in [-0.39, 0.29) is 6.04 Å². The second-order valence-electron chi connectivity index (χ2n) is 1.48. The Morgan fingerprint density at radius 3 is 2.43 bits per heavy atom. The maximum Gasteiger partial charge on any atom is 0.0197 e. The number of hydrogen-bond acceptors (Lipinski definition) is 1. The zero-order valence-electron chi connectivity index (χ0n) is 4.59. The highest BCUT2D eigenvalue weighted by Gasteiger charge is 1.76. The van der Waals surface area contributed by atoms with E-state index in [1.165, 1.54) is 0 Å². The maximum atomic E-state index is 5.34. The predicted octanol–water partition coefficient (Wildman–Crippen LogP) is 1.08. The van der Waals surface area contributed by atoms with Gasteiger partial charge in [0, 0.05) is 6.04 Å². The molecule has 1 atom stereocenters. The molecule has 0 saturated carbocycles. The molecule has 0 aliphatic rings. The van der Waals surface area contributed by atoms with E-state index in [4.69, 9.17) is 5.73 Å². The summed E-state index contributed by atoms with van der Waals surface area (Å²) in [7, 11) is 0. The van der Waals surface area contributed by atoms with Crippen LogP contribution >= 0.6 is 0 Å². The minimum Gasteiger partial charge on any atom is -0.325 e. The molecular formula is C6H11N. The van der Waals surface area contributed by atoms with E-state index in [0.717, 1.165) is 0 Å². The highest BCUT2D eigenvalue weighted by Crippen LogP contribution is 1.77. The molecule has 0 aromatic heterocycles. The fraction of sp³-hybridized carbons (Fsp3) is 0.333. The lowest BCUT2D eigenvalue weighted by atomic mass is 10.3. The van der Waals surface area contributed by atoms with Crippen LogP contribution in [0.4, 0.5) is 0 Å². The Morgan fingerprint density at radius 1 is 1.71 bits per heavy atom. The van der Waals surface area contributed by atoms with Gasteiger partial charge in [0.2, 0.25) is 0 Å². The lowest BCUT2D eigenvalue weighted by Crippen LogP contribution is -2.09. The zero-order chi connectivity index (χ0) is 5.70. The molecule has 40 valence electrons. The maximum absolute atomic E-state index is 5.34. The lowest BCUT2D eigenvalue weighted by Gasteiger charge is -1.88. The molecule has 0 bridgehead atoms. The molecule has 2 N–H and O–H groups in total. The second-order valence-corrected chi connectivity index (χ2v) is 1.48. The number of rotatable bonds is 2. The van der Waals surface area contributed by atoms with Crippen molar-refractivity contribution in [2.24, 2.45) is 5.73 Å². The third-order valence-electron chi connectivity index (χ3n) is 0.551. The molecule has 0 fully saturated rings. The summed E-state index contributed by atoms with van der Waals surface area (Å²) < 4.78 is 0. The molecule has 7 heavy (non-hydrogen) atoms. The van der Waals surface area contributed by atoms with Crippen LogP contribution in [0.25, 0.3) is 0 Å². The summed E-state index contributed by atoms with van der Waals surface area (Å²) in [5, 5.41) is 0. The van der Waals surface area contributed by atoms with E-state index < -0.39 is 0 Å². The van der Waals surface area contributed by atoms with Gasteiger partial charge in [-0.25, -0.2) is 0 Å². The Kier molecular flexibility index (Phi) is 3.33. The minimum atomic E-state index is 0.151. The van der Waals surface area contributed by atoms with Gasteiger partial charge < -0.3 is 5.73 Å². The van der Waals surface area contributed by atoms with E-state index in [0.29, 0.717) is 0 Å². The van der Waals surface area contributed by atoms with Gasteiger partial charge in [0.1, 0.15) is 0 Å². The number of nitrogens with two attached hydrogens (primary N) is 1. The summed E-state index contributed by atoms with van der Waals surface area (Å²) >= 11 is 0. The van der Waals surface area contributed by atoms with Crippen molar-refractivity contribution in [3.05, 3.63) is 24.8 Å². The van der Waals surface area contributed by atoms with Gasteiger partial charge in [0.05, 0.1) is 0 Å². The van der Waals surface area contributed by atoms with Crippen molar-refractivity contribution in [2.45, 2.75) is 13.0 Å². The van der Waals surface area contributed by atoms with Crippen LogP contribution in [-0.2, 0) is 0 Å². The van der Waals surface area contributed by atoms with Crippen molar-refractivity contribution in [3.8, 4) is 0 Å². The van der Waals surface area contributed by atoms with Gasteiger partial charge in [-0.15, -0.1) is 0 Å². The first-order chi connectivity index (χ1) is 3.27. The smallest absolute Gasteiger partial charge is 0.0197 e. The summed E-state index contributed by atoms with van der Waals surface area (Å²) in [6.07, 6.45) is 5.43. The van der Waals surface area contributed by atoms with Gasteiger partial charge in [-0.3, -0.25) is 0 Å². The Labute approximate surface area is 44.5 Å². The number of allylic oxidation sites excluding steroid dienone is 2. The van der Waals surface area contributed by atoms with Gasteiger partial charge in [0.15, 0.2) is 0 Å². The Balaban J connectivity index is 3.25. The van der Waals surface area contributed by atoms with Gasteiger partial charge in [0.25, 0.3) is 0 Å². The third kappa shape index (κ3) is 5.44. The van der Waals surface area contributed by atoms with Crippen molar-refractivity contribution in [3.63, 3.8) is 0 Å². The molecule has 0 rings (SSSR count). The monoisotopic (exact) mass is 97.1 g/mol. The largest absolute Gasteiger partial charge is 0.325 e. The van der Waals surface area contributed by atoms with Crippen LogP contribution in [0, 0.1) is 0 Å². The summed E-state index contributed by atoms with van der Waals surface area (Å²) in [5.41, 5.74) is 5.34. The van der Waals surface area contributed by atoms with Crippen molar-refractivity contribution >= 4 is 0 Å². The lowest BCUT2D eigenvalue weighted by molar-refractivity contribution is 0.926. The standard InChI is InChI=1S/C6H11N/c1-3-4-5-6(2)7/h3-6H,1,7H2,2H3/b5-4-. The summed E-state index contributed by atoms with van der Waals surface area (Å²) in [4.78, 5) is 0. The topological polar surface area (TPSA) is 26.0 Å². The Bertz CT molecular complexity index is 72.2. The fourth-order valence-corrected chi connectivity index (χ4v) is 0.254. The van der Waals surface area contributed by atoms with Crippen LogP contribution in [0.5, 0.6) is 0 Å². The van der Waals surface area contributed by atoms with Gasteiger partial charge >= 0.3 is 0 Å². The molecule has 0 aromatic carbocycles. The molecule has 0 radical (unpaired) electrons. The zero-order valence-corrected chi connectivity index (χ0v) is 4.59. The van der Waals surface area contributed by atoms with Crippen molar-refractivity contribution in [2.75, 3.05) is 0 Å². The second kappa shape index (κ2) is 3.62. The molecule has 0 saturated heterocycles. The Hall–Kier alpha value is -0.560. The van der Waals surface area contributed by atoms with E-state index in [1.54, 1.807) is 6.08 Å². The normalized spacial score (nSPS) is 14.6. The average molecular weight is 97.2 g/mol. The third-order valence-corrected chi connectivity index (χ3v) is 0.551. The van der Waals surface area contributed by atoms with Crippen LogP contribution in [0.15, 0.2) is 24.8 Å². The van der Waals surface area contributed by atoms with E-state index >= 15 is 0 Å². The first-order valence-electron chi connectivity index (χ1n) is 2.32. The SMILES string of the molecule is C=C/C=C\C(C)N. The highest BCUT2D eigenvalue weighted by molar-refractivity contribution is 5.00. The predicted molar refractivity (Wildman–Crippen MR) is 33.0 cm³/mol. The summed E-state index contributed by atoms with van der Waals surface area (Å²) in [5.74, 6) is 0. The van der Waals surface area contributed by atoms with E-state index in [1.807, 2.05) is 19.1 Å². The van der Waals surface area contributed by atoms with Crippen molar-refractivity contribution in [1.29, 1.82) is 0 Å². The molecule has 0 aliphatic carbocycles. The van der Waals surface area contributed by atoms with Crippen LogP contribution < -0.4 is 5.73 Å². The molecule has 0 aliphatic heterocycles. The van der Waals surface area contributed by atoms with Crippen molar-refractivity contribution in [1.82, 2.24) is 0 Å². The highest BCUT2D eigenvalue weighted by atomic mass is 14.6. The molecule has 0 aromatic rings. The van der Waals surface area contributed by atoms with Crippen LogP contribution in [-0.4, -0.2) is 6.04 Å². The van der Waals surface area contributed by atoms with Crippen molar-refractivity contribution < 1.29 is 0 Å². The molecule has 1 heteroatoms. The van der Waals surface area contributed by atoms with E-state index in [9.17, 15) is 0 Å². The van der Waals surface area contributed by atoms with E-state index in [2.05, 4.69) is 6.58 Å². The minimum absolute atomic E-state index is 0.151. The van der Waals surface area contributed by atoms with Crippen LogP contribution in [0.3, 0.4) is 0 Å². The molecule has 1 unspecified atom stereocenters. The van der Waals surface area contributed by atoms with Gasteiger partial charge in [-0.05, 0) is 6.92 Å². The molecule has 0 amide bonds. The molecular weight excluding hydrogens is 86.1 g/mol. The van der Waals surface area contributed by atoms with Gasteiger partial charge in [-0.1, -0.05) is 24.8 Å². The molecule has 0 spiro atoms. The van der Waals surface area contributed by atoms with Gasteiger partial charge in [-0.2, -0.15) is 0 Å². The first kappa shape index (κ1) is 6.44. The quantitative estimate of drug-likeness (QED) is 0.512. The Morgan fingerprint density at radius 2 is 2.29 bits per heavy atom. The first-order valence-corrected chi connectivity index (χ1v) is 2.32. The number of hydrogen-bond donors (Lipinski definition) is 1. The van der Waals surface area contributed by atoms with Crippen LogP contribution in [0.1, 0.15) is 6.92 Å². The summed E-state index contributed by atoms with van der Waals surface area (Å²) in [6.45, 7) is 5.41.